The molecule has 2 saturated heterocycles. The van der Waals surface area contributed by atoms with Crippen molar-refractivity contribution in [3.63, 3.8) is 0 Å². The number of benzene rings is 1. The maximum atomic E-state index is 14.1. The van der Waals surface area contributed by atoms with Crippen LogP contribution in [0.3, 0.4) is 0 Å². The minimum atomic E-state index is -0.417. The Morgan fingerprint density at radius 2 is 2.00 bits per heavy atom. The van der Waals surface area contributed by atoms with Gasteiger partial charge in [0, 0.05) is 35.4 Å². The highest BCUT2D eigenvalue weighted by Gasteiger charge is 2.39. The third-order valence-corrected chi connectivity index (χ3v) is 4.81. The SMILES string of the molecule is Nc1ccc(-c2cc([C@H]3C[C@@H]4CC[C@H]3N4)cnc2F)cc1. The van der Waals surface area contributed by atoms with Gasteiger partial charge in [-0.25, -0.2) is 4.98 Å². The zero-order valence-corrected chi connectivity index (χ0v) is 11.7. The number of halogens is 1. The molecular weight excluding hydrogens is 265 g/mol. The summed E-state index contributed by atoms with van der Waals surface area (Å²) in [7, 11) is 0. The van der Waals surface area contributed by atoms with Crippen molar-refractivity contribution in [2.45, 2.75) is 37.3 Å². The van der Waals surface area contributed by atoms with Crippen molar-refractivity contribution in [1.29, 1.82) is 0 Å². The van der Waals surface area contributed by atoms with E-state index in [1.165, 1.54) is 12.8 Å². The normalized spacial score (nSPS) is 27.2. The van der Waals surface area contributed by atoms with E-state index in [1.54, 1.807) is 18.3 Å². The van der Waals surface area contributed by atoms with Crippen molar-refractivity contribution in [2.75, 3.05) is 5.73 Å². The quantitative estimate of drug-likeness (QED) is 0.658. The average molecular weight is 283 g/mol. The molecule has 2 aromatic rings. The third-order valence-electron chi connectivity index (χ3n) is 4.81. The Hall–Kier alpha value is -1.94. The number of nitrogens with one attached hydrogen (secondary N) is 1. The van der Waals surface area contributed by atoms with Gasteiger partial charge in [-0.2, -0.15) is 4.39 Å². The molecule has 0 amide bonds. The Kier molecular flexibility index (Phi) is 2.93. The van der Waals surface area contributed by atoms with Crippen LogP contribution in [0.5, 0.6) is 0 Å². The molecule has 2 aliphatic heterocycles. The highest BCUT2D eigenvalue weighted by molar-refractivity contribution is 5.66. The van der Waals surface area contributed by atoms with Crippen LogP contribution in [0.25, 0.3) is 11.1 Å². The number of nitrogen functional groups attached to an aromatic ring is 1. The van der Waals surface area contributed by atoms with E-state index in [9.17, 15) is 4.39 Å². The van der Waals surface area contributed by atoms with Crippen molar-refractivity contribution >= 4 is 5.69 Å². The van der Waals surface area contributed by atoms with Gasteiger partial charge in [-0.05, 0) is 48.6 Å². The van der Waals surface area contributed by atoms with Crippen LogP contribution in [0.1, 0.15) is 30.7 Å². The molecule has 3 nitrogen and oxygen atoms in total. The maximum absolute atomic E-state index is 14.1. The fourth-order valence-corrected chi connectivity index (χ4v) is 3.72. The smallest absolute Gasteiger partial charge is 0.220 e. The van der Waals surface area contributed by atoms with Gasteiger partial charge in [-0.15, -0.1) is 0 Å². The van der Waals surface area contributed by atoms with E-state index in [0.717, 1.165) is 17.5 Å². The van der Waals surface area contributed by atoms with Crippen LogP contribution < -0.4 is 11.1 Å². The van der Waals surface area contributed by atoms with Gasteiger partial charge in [0.25, 0.3) is 0 Å². The molecule has 4 rings (SSSR count). The summed E-state index contributed by atoms with van der Waals surface area (Å²) >= 11 is 0. The molecule has 2 aliphatic rings. The first-order valence-corrected chi connectivity index (χ1v) is 7.48. The largest absolute Gasteiger partial charge is 0.399 e. The zero-order valence-electron chi connectivity index (χ0n) is 11.7. The van der Waals surface area contributed by atoms with Crippen LogP contribution in [0.2, 0.25) is 0 Å². The maximum Gasteiger partial charge on any atom is 0.220 e. The monoisotopic (exact) mass is 283 g/mol. The van der Waals surface area contributed by atoms with Crippen LogP contribution in [0, 0.1) is 5.95 Å². The van der Waals surface area contributed by atoms with Gasteiger partial charge < -0.3 is 11.1 Å². The molecule has 0 saturated carbocycles. The first-order valence-electron chi connectivity index (χ1n) is 7.48. The van der Waals surface area contributed by atoms with Crippen molar-refractivity contribution in [3.05, 3.63) is 48.0 Å². The lowest BCUT2D eigenvalue weighted by Gasteiger charge is -2.20. The summed E-state index contributed by atoms with van der Waals surface area (Å²) in [4.78, 5) is 3.98. The van der Waals surface area contributed by atoms with Crippen molar-refractivity contribution in [3.8, 4) is 11.1 Å². The van der Waals surface area contributed by atoms with E-state index in [1.807, 2.05) is 18.2 Å². The molecule has 3 atom stereocenters. The number of pyridine rings is 1. The zero-order chi connectivity index (χ0) is 14.4. The van der Waals surface area contributed by atoms with Gasteiger partial charge in [-0.1, -0.05) is 12.1 Å². The van der Waals surface area contributed by atoms with Gasteiger partial charge in [0.15, 0.2) is 0 Å². The lowest BCUT2D eigenvalue weighted by Crippen LogP contribution is -2.21. The minimum Gasteiger partial charge on any atom is -0.399 e. The van der Waals surface area contributed by atoms with E-state index >= 15 is 0 Å². The second-order valence-electron chi connectivity index (χ2n) is 6.12. The number of hydrogen-bond acceptors (Lipinski definition) is 3. The van der Waals surface area contributed by atoms with Crippen LogP contribution in [0.15, 0.2) is 36.5 Å². The molecule has 1 aromatic heterocycles. The molecule has 2 bridgehead atoms. The summed E-state index contributed by atoms with van der Waals surface area (Å²) in [6.07, 6.45) is 5.31. The Morgan fingerprint density at radius 1 is 1.19 bits per heavy atom. The van der Waals surface area contributed by atoms with Gasteiger partial charge >= 0.3 is 0 Å². The topological polar surface area (TPSA) is 50.9 Å². The molecule has 2 fully saturated rings. The Labute approximate surface area is 123 Å². The number of nitrogens with two attached hydrogens (primary N) is 1. The Morgan fingerprint density at radius 3 is 2.67 bits per heavy atom. The number of fused-ring (bicyclic) bond motifs is 2. The molecule has 1 aromatic carbocycles. The fraction of sp³-hybridized carbons (Fsp3) is 0.353. The molecule has 3 heterocycles. The second kappa shape index (κ2) is 4.81. The summed E-state index contributed by atoms with van der Waals surface area (Å²) in [6, 6.07) is 10.4. The van der Waals surface area contributed by atoms with E-state index in [4.69, 9.17) is 5.73 Å². The summed E-state index contributed by atoms with van der Waals surface area (Å²) < 4.78 is 14.1. The summed E-state index contributed by atoms with van der Waals surface area (Å²) in [6.45, 7) is 0. The van der Waals surface area contributed by atoms with Crippen LogP contribution in [0.4, 0.5) is 10.1 Å². The molecule has 21 heavy (non-hydrogen) atoms. The predicted octanol–water partition coefficient (Wildman–Crippen LogP) is 3.08. The Bertz CT molecular complexity index is 668. The van der Waals surface area contributed by atoms with E-state index in [0.29, 0.717) is 29.3 Å². The predicted molar refractivity (Wildman–Crippen MR) is 81.3 cm³/mol. The number of hydrogen-bond donors (Lipinski definition) is 2. The number of aromatic nitrogens is 1. The van der Waals surface area contributed by atoms with Gasteiger partial charge in [0.05, 0.1) is 0 Å². The molecule has 0 spiro atoms. The second-order valence-corrected chi connectivity index (χ2v) is 6.12. The van der Waals surface area contributed by atoms with Gasteiger partial charge in [-0.3, -0.25) is 0 Å². The molecule has 0 radical (unpaired) electrons. The molecule has 0 unspecified atom stereocenters. The fourth-order valence-electron chi connectivity index (χ4n) is 3.72. The lowest BCUT2D eigenvalue weighted by molar-refractivity contribution is 0.502. The van der Waals surface area contributed by atoms with Crippen molar-refractivity contribution in [1.82, 2.24) is 10.3 Å². The molecule has 108 valence electrons. The van der Waals surface area contributed by atoms with Crippen LogP contribution >= 0.6 is 0 Å². The molecular formula is C17H18FN3. The molecule has 4 heteroatoms. The summed E-state index contributed by atoms with van der Waals surface area (Å²) in [5.74, 6) is 0.0454. The Balaban J connectivity index is 1.71. The third kappa shape index (κ3) is 2.20. The van der Waals surface area contributed by atoms with Gasteiger partial charge in [0.2, 0.25) is 5.95 Å². The summed E-state index contributed by atoms with van der Waals surface area (Å²) in [5.41, 5.74) is 8.91. The first-order chi connectivity index (χ1) is 10.2. The van der Waals surface area contributed by atoms with E-state index in [-0.39, 0.29) is 0 Å². The standard InChI is InChI=1S/C17H18FN3/c18-17-15(10-1-3-12(19)4-2-10)7-11(9-20-17)14-8-13-5-6-16(14)21-13/h1-4,7,9,13-14,16,21H,5-6,8,19H2/t13-,14+,16+/m0/s1. The van der Waals surface area contributed by atoms with Gasteiger partial charge in [0.1, 0.15) is 0 Å². The summed E-state index contributed by atoms with van der Waals surface area (Å²) in [5, 5.41) is 3.62. The van der Waals surface area contributed by atoms with Crippen molar-refractivity contribution < 1.29 is 4.39 Å². The number of rotatable bonds is 2. The minimum absolute atomic E-state index is 0.417. The number of anilines is 1. The average Bonchev–Trinajstić information content (AvgIpc) is 3.12. The number of nitrogens with zero attached hydrogens (tertiary/aromatic N) is 1. The first kappa shape index (κ1) is 12.8. The highest BCUT2D eigenvalue weighted by atomic mass is 19.1. The molecule has 3 N–H and O–H groups in total. The van der Waals surface area contributed by atoms with Crippen LogP contribution in [-0.4, -0.2) is 17.1 Å². The van der Waals surface area contributed by atoms with E-state index < -0.39 is 5.95 Å². The van der Waals surface area contributed by atoms with Crippen molar-refractivity contribution in [2.24, 2.45) is 0 Å². The molecule has 0 aliphatic carbocycles. The highest BCUT2D eigenvalue weighted by Crippen LogP contribution is 2.40. The van der Waals surface area contributed by atoms with Crippen LogP contribution in [-0.2, 0) is 0 Å². The van der Waals surface area contributed by atoms with E-state index in [2.05, 4.69) is 10.3 Å². The lowest BCUT2D eigenvalue weighted by atomic mass is 9.84.